The normalized spacial score (nSPS) is 40.2. The van der Waals surface area contributed by atoms with Crippen molar-refractivity contribution in [2.45, 2.75) is 134 Å². The Bertz CT molecular complexity index is 1740. The first-order chi connectivity index (χ1) is 21.0. The lowest BCUT2D eigenvalue weighted by atomic mass is 9.42. The van der Waals surface area contributed by atoms with Gasteiger partial charge in [0.2, 0.25) is 0 Å². The highest BCUT2D eigenvalue weighted by molar-refractivity contribution is 5.92. The van der Waals surface area contributed by atoms with E-state index in [1.54, 1.807) is 0 Å². The summed E-state index contributed by atoms with van der Waals surface area (Å²) < 4.78 is 18.9. The van der Waals surface area contributed by atoms with Crippen molar-refractivity contribution in [3.05, 3.63) is 64.4 Å². The molecule has 0 spiro atoms. The van der Waals surface area contributed by atoms with Crippen molar-refractivity contribution < 1.29 is 24.1 Å². The van der Waals surface area contributed by atoms with E-state index in [0.717, 1.165) is 43.3 Å². The monoisotopic (exact) mass is 611 g/mol. The molecule has 0 amide bonds. The van der Waals surface area contributed by atoms with Crippen molar-refractivity contribution in [3.8, 4) is 0 Å². The summed E-state index contributed by atoms with van der Waals surface area (Å²) in [4.78, 5) is 16.1. The van der Waals surface area contributed by atoms with Crippen molar-refractivity contribution in [2.24, 2.45) is 17.3 Å². The number of carbonyl (C=O) groups is 1. The SMILES string of the molecule is C=C(C)[C@H]1OC2CC[C@@]3(C)[C@@](O)(CCC4Cc5c([nH]c6cc7c(cc56)CC5C7=CC(C)(C)OC5(C)C)[C@@]43C)C2=C[C@H]1OC(C)=O. The number of carbonyl (C=O) groups excluding carboxylic acids is 1. The Balaban J connectivity index is 1.23. The molecule has 2 aliphatic heterocycles. The van der Waals surface area contributed by atoms with Gasteiger partial charge in [-0.3, -0.25) is 4.79 Å². The van der Waals surface area contributed by atoms with E-state index < -0.39 is 23.2 Å². The van der Waals surface area contributed by atoms with Gasteiger partial charge in [-0.2, -0.15) is 0 Å². The molecular formula is C39H49NO5. The predicted octanol–water partition coefficient (Wildman–Crippen LogP) is 7.27. The number of benzene rings is 1. The van der Waals surface area contributed by atoms with Crippen LogP contribution in [0, 0.1) is 17.3 Å². The second-order valence-electron chi connectivity index (χ2n) is 16.7. The van der Waals surface area contributed by atoms with E-state index in [1.807, 2.05) is 13.0 Å². The maximum Gasteiger partial charge on any atom is 0.303 e. The molecule has 45 heavy (non-hydrogen) atoms. The van der Waals surface area contributed by atoms with Gasteiger partial charge in [-0.05, 0) is 137 Å². The zero-order valence-corrected chi connectivity index (χ0v) is 28.2. The van der Waals surface area contributed by atoms with Crippen molar-refractivity contribution in [1.82, 2.24) is 4.98 Å². The van der Waals surface area contributed by atoms with Crippen LogP contribution in [0.25, 0.3) is 16.5 Å². The maximum atomic E-state index is 13.0. The summed E-state index contributed by atoms with van der Waals surface area (Å²) in [5.74, 6) is 0.441. The van der Waals surface area contributed by atoms with Gasteiger partial charge in [-0.25, -0.2) is 0 Å². The van der Waals surface area contributed by atoms with E-state index in [0.29, 0.717) is 18.3 Å². The third-order valence-electron chi connectivity index (χ3n) is 13.3. The lowest BCUT2D eigenvalue weighted by molar-refractivity contribution is -0.190. The van der Waals surface area contributed by atoms with E-state index >= 15 is 0 Å². The number of aromatic nitrogens is 1. The van der Waals surface area contributed by atoms with E-state index in [9.17, 15) is 9.90 Å². The van der Waals surface area contributed by atoms with Gasteiger partial charge in [-0.15, -0.1) is 0 Å². The molecule has 2 aromatic rings. The molecule has 3 unspecified atom stereocenters. The highest BCUT2D eigenvalue weighted by atomic mass is 16.6. The Morgan fingerprint density at radius 3 is 2.53 bits per heavy atom. The maximum absolute atomic E-state index is 13.0. The van der Waals surface area contributed by atoms with Gasteiger partial charge in [0.25, 0.3) is 0 Å². The van der Waals surface area contributed by atoms with Gasteiger partial charge in [-0.1, -0.05) is 20.4 Å². The highest BCUT2D eigenvalue weighted by Crippen LogP contribution is 2.69. The topological polar surface area (TPSA) is 80.8 Å². The fraction of sp³-hybridized carbons (Fsp3) is 0.615. The van der Waals surface area contributed by atoms with Crippen molar-refractivity contribution in [1.29, 1.82) is 0 Å². The molecule has 6 nitrogen and oxygen atoms in total. The Morgan fingerprint density at radius 2 is 1.82 bits per heavy atom. The second kappa shape index (κ2) is 9.02. The molecule has 2 saturated carbocycles. The highest BCUT2D eigenvalue weighted by Gasteiger charge is 2.70. The standard InChI is InChI=1S/C39H49NO5/c1-20(2)33-32(43-21(3)41)18-29-31(44-33)11-12-37(8)38(9)23(10-13-39(29,37)42)16-26-25-14-22-15-28-27(19-35(4,5)45-36(28,6)7)24(22)17-30(25)40-34(26)38/h14,17-19,23,28,31-33,40,42H,1,10-13,15-16H2,2-9H3/t23?,28?,31?,32-,33-,37-,38-,39-/m1/s1. The number of fused-ring (bicyclic) bond motifs is 12. The van der Waals surface area contributed by atoms with Crippen LogP contribution in [0.2, 0.25) is 0 Å². The molecule has 0 saturated heterocycles. The second-order valence-corrected chi connectivity index (χ2v) is 16.7. The number of esters is 1. The minimum absolute atomic E-state index is 0.211. The third kappa shape index (κ3) is 3.76. The average Bonchev–Trinajstić information content (AvgIpc) is 3.56. The molecule has 1 aromatic carbocycles. The van der Waals surface area contributed by atoms with Crippen molar-refractivity contribution in [3.63, 3.8) is 0 Å². The van der Waals surface area contributed by atoms with Crippen LogP contribution in [-0.4, -0.2) is 51.2 Å². The van der Waals surface area contributed by atoms with Crippen LogP contribution >= 0.6 is 0 Å². The number of H-pyrrole nitrogens is 1. The largest absolute Gasteiger partial charge is 0.455 e. The molecule has 240 valence electrons. The predicted molar refractivity (Wildman–Crippen MR) is 176 cm³/mol. The van der Waals surface area contributed by atoms with Gasteiger partial charge in [0, 0.05) is 40.3 Å². The van der Waals surface area contributed by atoms with Gasteiger partial charge in [0.1, 0.15) is 6.10 Å². The van der Waals surface area contributed by atoms with Crippen LogP contribution < -0.4 is 0 Å². The summed E-state index contributed by atoms with van der Waals surface area (Å²) in [6.07, 6.45) is 8.46. The molecule has 4 aliphatic carbocycles. The summed E-state index contributed by atoms with van der Waals surface area (Å²) in [5, 5.41) is 14.3. The summed E-state index contributed by atoms with van der Waals surface area (Å²) >= 11 is 0. The number of hydrogen-bond donors (Lipinski definition) is 2. The molecule has 0 bridgehead atoms. The number of aliphatic hydroxyl groups is 1. The van der Waals surface area contributed by atoms with E-state index in [1.165, 1.54) is 45.8 Å². The zero-order chi connectivity index (χ0) is 32.1. The molecule has 3 heterocycles. The molecule has 8 rings (SSSR count). The molecule has 8 atom stereocenters. The summed E-state index contributed by atoms with van der Waals surface area (Å²) in [5.41, 5.74) is 7.58. The Hall–Kier alpha value is -2.67. The number of aromatic amines is 1. The van der Waals surface area contributed by atoms with E-state index in [4.69, 9.17) is 14.2 Å². The van der Waals surface area contributed by atoms with Crippen LogP contribution in [-0.2, 0) is 37.3 Å². The van der Waals surface area contributed by atoms with Gasteiger partial charge in [0.15, 0.2) is 6.10 Å². The van der Waals surface area contributed by atoms with E-state index in [-0.39, 0.29) is 28.7 Å². The zero-order valence-electron chi connectivity index (χ0n) is 28.2. The van der Waals surface area contributed by atoms with Crippen LogP contribution in [0.4, 0.5) is 0 Å². The first kappa shape index (κ1) is 29.7. The Labute approximate surface area is 267 Å². The minimum atomic E-state index is -1.07. The lowest BCUT2D eigenvalue weighted by Crippen LogP contribution is -2.68. The third-order valence-corrected chi connectivity index (χ3v) is 13.3. The van der Waals surface area contributed by atoms with Gasteiger partial charge in [0.05, 0.1) is 22.9 Å². The average molecular weight is 612 g/mol. The quantitative estimate of drug-likeness (QED) is 0.276. The first-order valence-electron chi connectivity index (χ1n) is 17.0. The van der Waals surface area contributed by atoms with Crippen molar-refractivity contribution >= 4 is 22.4 Å². The molecular weight excluding hydrogens is 562 g/mol. The van der Waals surface area contributed by atoms with Crippen LogP contribution in [0.15, 0.2) is 42.0 Å². The number of ether oxygens (including phenoxy) is 3. The lowest BCUT2D eigenvalue weighted by Gasteiger charge is -2.65. The summed E-state index contributed by atoms with van der Waals surface area (Å²) in [6.45, 7) is 21.0. The summed E-state index contributed by atoms with van der Waals surface area (Å²) in [7, 11) is 0. The molecule has 1 aromatic heterocycles. The summed E-state index contributed by atoms with van der Waals surface area (Å²) in [6, 6.07) is 4.87. The number of rotatable bonds is 2. The first-order valence-corrected chi connectivity index (χ1v) is 17.0. The Morgan fingerprint density at radius 1 is 1.07 bits per heavy atom. The van der Waals surface area contributed by atoms with Crippen molar-refractivity contribution in [2.75, 3.05) is 0 Å². The molecule has 0 radical (unpaired) electrons. The minimum Gasteiger partial charge on any atom is -0.455 e. The fourth-order valence-corrected chi connectivity index (χ4v) is 11.1. The molecule has 6 heteroatoms. The number of nitrogens with one attached hydrogen (secondary N) is 1. The van der Waals surface area contributed by atoms with Gasteiger partial charge < -0.3 is 24.3 Å². The van der Waals surface area contributed by atoms with E-state index in [2.05, 4.69) is 71.3 Å². The molecule has 2 fully saturated rings. The van der Waals surface area contributed by atoms with Gasteiger partial charge >= 0.3 is 5.97 Å². The molecule has 6 aliphatic rings. The molecule has 2 N–H and O–H groups in total. The Kier molecular flexibility index (Phi) is 5.96. The number of hydrogen-bond acceptors (Lipinski definition) is 5. The fourth-order valence-electron chi connectivity index (χ4n) is 11.1. The van der Waals surface area contributed by atoms with Crippen LogP contribution in [0.1, 0.15) is 103 Å². The van der Waals surface area contributed by atoms with Crippen LogP contribution in [0.5, 0.6) is 0 Å². The smallest absolute Gasteiger partial charge is 0.303 e. The van der Waals surface area contributed by atoms with Crippen LogP contribution in [0.3, 0.4) is 0 Å².